The third kappa shape index (κ3) is 2.90. The Kier molecular flexibility index (Phi) is 3.79. The molecule has 6 nitrogen and oxygen atoms in total. The number of nitrogens with zero attached hydrogens (tertiary/aromatic N) is 3. The van der Waals surface area contributed by atoms with E-state index in [-0.39, 0.29) is 5.91 Å². The highest BCUT2D eigenvalue weighted by molar-refractivity contribution is 5.91. The van der Waals surface area contributed by atoms with E-state index in [0.29, 0.717) is 18.7 Å². The molecule has 6 heteroatoms. The Bertz CT molecular complexity index is 599. The fraction of sp³-hybridized carbons (Fsp3) is 0.308. The summed E-state index contributed by atoms with van der Waals surface area (Å²) in [6.07, 6.45) is 1.94. The van der Waals surface area contributed by atoms with Crippen molar-refractivity contribution in [2.24, 2.45) is 0 Å². The van der Waals surface area contributed by atoms with Crippen LogP contribution < -0.4 is 16.0 Å². The Morgan fingerprint density at radius 2 is 2.21 bits per heavy atom. The summed E-state index contributed by atoms with van der Waals surface area (Å²) in [7, 11) is 3.52. The number of nitrogens with two attached hydrogens (primary N) is 1. The van der Waals surface area contributed by atoms with E-state index in [1.807, 2.05) is 30.1 Å². The Balaban J connectivity index is 2.28. The lowest BCUT2D eigenvalue weighted by Gasteiger charge is -2.19. The molecule has 0 aliphatic carbocycles. The van der Waals surface area contributed by atoms with E-state index in [9.17, 15) is 4.79 Å². The first-order chi connectivity index (χ1) is 9.11. The van der Waals surface area contributed by atoms with Crippen molar-refractivity contribution in [1.29, 1.82) is 0 Å². The number of hydrogen-bond acceptors (Lipinski definition) is 5. The molecule has 0 aliphatic heterocycles. The van der Waals surface area contributed by atoms with E-state index in [1.165, 1.54) is 6.33 Å². The minimum Gasteiger partial charge on any atom is -0.399 e. The number of benzene rings is 1. The number of rotatable bonds is 4. The fourth-order valence-corrected chi connectivity index (χ4v) is 1.86. The number of anilines is 2. The van der Waals surface area contributed by atoms with Crippen LogP contribution in [0.25, 0.3) is 10.9 Å². The first-order valence-electron chi connectivity index (χ1n) is 6.04. The average molecular weight is 259 g/mol. The third-order valence-corrected chi connectivity index (χ3v) is 2.95. The molecule has 1 aromatic heterocycles. The first kappa shape index (κ1) is 13.1. The maximum atomic E-state index is 11.3. The van der Waals surface area contributed by atoms with Crippen molar-refractivity contribution in [2.45, 2.75) is 6.42 Å². The van der Waals surface area contributed by atoms with Crippen LogP contribution in [0.2, 0.25) is 0 Å². The molecule has 0 unspecified atom stereocenters. The lowest BCUT2D eigenvalue weighted by atomic mass is 10.2. The normalized spacial score (nSPS) is 10.4. The molecular formula is C13H17N5O. The van der Waals surface area contributed by atoms with Crippen LogP contribution in [0.15, 0.2) is 24.5 Å². The Morgan fingerprint density at radius 3 is 2.95 bits per heavy atom. The summed E-state index contributed by atoms with van der Waals surface area (Å²) in [4.78, 5) is 21.7. The van der Waals surface area contributed by atoms with Crippen LogP contribution >= 0.6 is 0 Å². The fourth-order valence-electron chi connectivity index (χ4n) is 1.86. The number of aromatic nitrogens is 2. The number of hydrogen-bond donors (Lipinski definition) is 2. The minimum absolute atomic E-state index is 0.00438. The van der Waals surface area contributed by atoms with E-state index in [0.717, 1.165) is 16.7 Å². The molecule has 0 radical (unpaired) electrons. The van der Waals surface area contributed by atoms with Gasteiger partial charge in [-0.1, -0.05) is 0 Å². The van der Waals surface area contributed by atoms with E-state index in [1.54, 1.807) is 7.05 Å². The van der Waals surface area contributed by atoms with Crippen molar-refractivity contribution in [1.82, 2.24) is 15.3 Å². The van der Waals surface area contributed by atoms with Gasteiger partial charge in [0.25, 0.3) is 0 Å². The zero-order valence-electron chi connectivity index (χ0n) is 11.1. The molecule has 0 atom stereocenters. The van der Waals surface area contributed by atoms with Crippen molar-refractivity contribution in [3.05, 3.63) is 24.5 Å². The lowest BCUT2D eigenvalue weighted by molar-refractivity contribution is -0.120. The second kappa shape index (κ2) is 5.51. The molecule has 0 fully saturated rings. The smallest absolute Gasteiger partial charge is 0.221 e. The zero-order chi connectivity index (χ0) is 13.8. The molecule has 1 heterocycles. The molecule has 0 saturated carbocycles. The van der Waals surface area contributed by atoms with Crippen molar-refractivity contribution >= 4 is 28.3 Å². The summed E-state index contributed by atoms with van der Waals surface area (Å²) in [5.41, 5.74) is 7.31. The standard InChI is InChI=1S/C13H17N5O/c1-15-12(19)5-6-18(2)13-10-7-9(14)3-4-11(10)16-8-17-13/h3-4,7-8H,5-6,14H2,1-2H3,(H,15,19). The van der Waals surface area contributed by atoms with Gasteiger partial charge in [-0.2, -0.15) is 0 Å². The Hall–Kier alpha value is -2.37. The predicted molar refractivity (Wildman–Crippen MR) is 75.9 cm³/mol. The summed E-state index contributed by atoms with van der Waals surface area (Å²) >= 11 is 0. The average Bonchev–Trinajstić information content (AvgIpc) is 2.43. The van der Waals surface area contributed by atoms with Gasteiger partial charge >= 0.3 is 0 Å². The van der Waals surface area contributed by atoms with Gasteiger partial charge in [0.15, 0.2) is 0 Å². The zero-order valence-corrected chi connectivity index (χ0v) is 11.1. The molecule has 2 rings (SSSR count). The van der Waals surface area contributed by atoms with Gasteiger partial charge in [0.2, 0.25) is 5.91 Å². The number of nitrogen functional groups attached to an aromatic ring is 1. The second-order valence-corrected chi connectivity index (χ2v) is 4.32. The number of carbonyl (C=O) groups is 1. The SMILES string of the molecule is CNC(=O)CCN(C)c1ncnc2ccc(N)cc12. The Morgan fingerprint density at radius 1 is 1.42 bits per heavy atom. The summed E-state index contributed by atoms with van der Waals surface area (Å²) < 4.78 is 0. The first-order valence-corrected chi connectivity index (χ1v) is 6.04. The third-order valence-electron chi connectivity index (χ3n) is 2.95. The quantitative estimate of drug-likeness (QED) is 0.793. The molecule has 3 N–H and O–H groups in total. The molecule has 100 valence electrons. The van der Waals surface area contributed by atoms with Crippen LogP contribution in [0.4, 0.5) is 11.5 Å². The predicted octanol–water partition coefficient (Wildman–Crippen LogP) is 0.784. The molecule has 1 aromatic carbocycles. The van der Waals surface area contributed by atoms with Gasteiger partial charge in [0.1, 0.15) is 12.1 Å². The summed E-state index contributed by atoms with van der Waals surface area (Å²) in [6.45, 7) is 0.584. The van der Waals surface area contributed by atoms with E-state index < -0.39 is 0 Å². The van der Waals surface area contributed by atoms with Crippen LogP contribution in [0.3, 0.4) is 0 Å². The van der Waals surface area contributed by atoms with Crippen molar-refractivity contribution in [3.8, 4) is 0 Å². The number of amides is 1. The molecule has 0 bridgehead atoms. The molecular weight excluding hydrogens is 242 g/mol. The maximum Gasteiger partial charge on any atom is 0.221 e. The number of fused-ring (bicyclic) bond motifs is 1. The van der Waals surface area contributed by atoms with Gasteiger partial charge in [-0.05, 0) is 18.2 Å². The molecule has 0 aliphatic rings. The van der Waals surface area contributed by atoms with Crippen LogP contribution in [0, 0.1) is 0 Å². The van der Waals surface area contributed by atoms with Gasteiger partial charge in [-0.3, -0.25) is 4.79 Å². The van der Waals surface area contributed by atoms with E-state index in [2.05, 4.69) is 15.3 Å². The largest absolute Gasteiger partial charge is 0.399 e. The maximum absolute atomic E-state index is 11.3. The van der Waals surface area contributed by atoms with Crippen LogP contribution in [0.1, 0.15) is 6.42 Å². The van der Waals surface area contributed by atoms with Gasteiger partial charge < -0.3 is 16.0 Å². The molecule has 0 spiro atoms. The van der Waals surface area contributed by atoms with E-state index >= 15 is 0 Å². The molecule has 1 amide bonds. The highest BCUT2D eigenvalue weighted by Crippen LogP contribution is 2.24. The molecule has 2 aromatic rings. The molecule has 0 saturated heterocycles. The number of carbonyl (C=O) groups excluding carboxylic acids is 1. The summed E-state index contributed by atoms with van der Waals surface area (Å²) in [5, 5.41) is 3.49. The topological polar surface area (TPSA) is 84.1 Å². The van der Waals surface area contributed by atoms with Gasteiger partial charge in [0, 0.05) is 38.1 Å². The van der Waals surface area contributed by atoms with Crippen molar-refractivity contribution in [2.75, 3.05) is 31.3 Å². The van der Waals surface area contributed by atoms with Crippen molar-refractivity contribution in [3.63, 3.8) is 0 Å². The van der Waals surface area contributed by atoms with Gasteiger partial charge in [0.05, 0.1) is 5.52 Å². The lowest BCUT2D eigenvalue weighted by Crippen LogP contribution is -2.27. The van der Waals surface area contributed by atoms with Crippen molar-refractivity contribution < 1.29 is 4.79 Å². The summed E-state index contributed by atoms with van der Waals surface area (Å²) in [5.74, 6) is 0.783. The highest BCUT2D eigenvalue weighted by Gasteiger charge is 2.10. The summed E-state index contributed by atoms with van der Waals surface area (Å²) in [6, 6.07) is 5.52. The van der Waals surface area contributed by atoms with Crippen LogP contribution in [-0.2, 0) is 4.79 Å². The minimum atomic E-state index is 0.00438. The Labute approximate surface area is 111 Å². The highest BCUT2D eigenvalue weighted by atomic mass is 16.1. The number of nitrogens with one attached hydrogen (secondary N) is 1. The van der Waals surface area contributed by atoms with Crippen LogP contribution in [0.5, 0.6) is 0 Å². The van der Waals surface area contributed by atoms with Gasteiger partial charge in [-0.25, -0.2) is 9.97 Å². The monoisotopic (exact) mass is 259 g/mol. The van der Waals surface area contributed by atoms with Gasteiger partial charge in [-0.15, -0.1) is 0 Å². The van der Waals surface area contributed by atoms with E-state index in [4.69, 9.17) is 5.73 Å². The molecule has 19 heavy (non-hydrogen) atoms. The second-order valence-electron chi connectivity index (χ2n) is 4.32. The van der Waals surface area contributed by atoms with Crippen LogP contribution in [-0.4, -0.2) is 36.5 Å².